The summed E-state index contributed by atoms with van der Waals surface area (Å²) in [6.07, 6.45) is 0.915. The van der Waals surface area contributed by atoms with Crippen molar-refractivity contribution < 1.29 is 4.79 Å². The van der Waals surface area contributed by atoms with E-state index in [2.05, 4.69) is 33.2 Å². The second kappa shape index (κ2) is 8.71. The third kappa shape index (κ3) is 4.59. The number of hydrogen-bond acceptors (Lipinski definition) is 4. The van der Waals surface area contributed by atoms with E-state index in [0.29, 0.717) is 22.6 Å². The van der Waals surface area contributed by atoms with Crippen molar-refractivity contribution in [2.45, 2.75) is 32.0 Å². The number of aryl methyl sites for hydroxylation is 1. The summed E-state index contributed by atoms with van der Waals surface area (Å²) in [5.74, 6) is 0.0613. The Morgan fingerprint density at radius 1 is 1.22 bits per heavy atom. The smallest absolute Gasteiger partial charge is 0.262 e. The minimum absolute atomic E-state index is 0.0950. The summed E-state index contributed by atoms with van der Waals surface area (Å²) in [5, 5.41) is 4.02. The normalized spacial score (nSPS) is 10.9. The second-order valence-electron chi connectivity index (χ2n) is 6.00. The lowest BCUT2D eigenvalue weighted by Gasteiger charge is -2.11. The lowest BCUT2D eigenvalue weighted by molar-refractivity contribution is -0.113. The Balaban J connectivity index is 1.78. The predicted molar refractivity (Wildman–Crippen MR) is 115 cm³/mol. The van der Waals surface area contributed by atoms with Gasteiger partial charge in [0.2, 0.25) is 5.91 Å². The molecule has 0 aliphatic carbocycles. The Labute approximate surface area is 170 Å². The van der Waals surface area contributed by atoms with E-state index in [0.717, 1.165) is 16.6 Å². The topological polar surface area (TPSA) is 64.0 Å². The summed E-state index contributed by atoms with van der Waals surface area (Å²) in [4.78, 5) is 29.6. The Morgan fingerprint density at radius 2 is 2.04 bits per heavy atom. The molecule has 0 atom stereocenters. The molecule has 1 aromatic heterocycles. The number of carbonyl (C=O) groups excluding carboxylic acids is 1. The maximum atomic E-state index is 12.7. The Hall–Kier alpha value is -2.12. The number of halogens is 1. The molecule has 3 aromatic rings. The van der Waals surface area contributed by atoms with Gasteiger partial charge in [-0.3, -0.25) is 14.2 Å². The lowest BCUT2D eigenvalue weighted by atomic mass is 10.1. The van der Waals surface area contributed by atoms with E-state index in [1.165, 1.54) is 17.3 Å². The molecule has 0 saturated heterocycles. The first-order valence-electron chi connectivity index (χ1n) is 8.73. The first-order chi connectivity index (χ1) is 13.0. The maximum absolute atomic E-state index is 12.7. The van der Waals surface area contributed by atoms with Crippen LogP contribution < -0.4 is 10.9 Å². The van der Waals surface area contributed by atoms with Gasteiger partial charge in [0.1, 0.15) is 0 Å². The van der Waals surface area contributed by atoms with Crippen LogP contribution in [0.3, 0.4) is 0 Å². The number of hydrogen-bond donors (Lipinski definition) is 1. The largest absolute Gasteiger partial charge is 0.325 e. The van der Waals surface area contributed by atoms with Gasteiger partial charge in [0.15, 0.2) is 5.16 Å². The van der Waals surface area contributed by atoms with Crippen molar-refractivity contribution in [3.05, 3.63) is 62.9 Å². The Kier molecular flexibility index (Phi) is 6.34. The maximum Gasteiger partial charge on any atom is 0.262 e. The van der Waals surface area contributed by atoms with E-state index in [-0.39, 0.29) is 17.2 Å². The van der Waals surface area contributed by atoms with Crippen molar-refractivity contribution in [3.63, 3.8) is 0 Å². The summed E-state index contributed by atoms with van der Waals surface area (Å²) < 4.78 is 2.44. The average Bonchev–Trinajstić information content (AvgIpc) is 2.67. The number of fused-ring (bicyclic) bond motifs is 1. The molecular formula is C20H20BrN3O2S. The zero-order chi connectivity index (χ0) is 19.4. The highest BCUT2D eigenvalue weighted by atomic mass is 79.9. The van der Waals surface area contributed by atoms with E-state index in [1.54, 1.807) is 16.7 Å². The summed E-state index contributed by atoms with van der Waals surface area (Å²) in [6.45, 7) is 4.47. The summed E-state index contributed by atoms with van der Waals surface area (Å²) in [5.41, 5.74) is 2.49. The van der Waals surface area contributed by atoms with Crippen LogP contribution in [0.2, 0.25) is 0 Å². The Bertz CT molecular complexity index is 1050. The number of rotatable bonds is 6. The molecule has 0 saturated carbocycles. The standard InChI is InChI=1S/C20H20BrN3O2S/c1-3-13-6-5-7-15(10-13)22-18(25)12-27-20-23-17-9-8-14(21)11-16(17)19(26)24(20)4-2/h5-11H,3-4,12H2,1-2H3,(H,22,25). The van der Waals surface area contributed by atoms with Gasteiger partial charge >= 0.3 is 0 Å². The first kappa shape index (κ1) is 19.6. The van der Waals surface area contributed by atoms with Crippen LogP contribution in [0.1, 0.15) is 19.4 Å². The molecule has 140 valence electrons. The van der Waals surface area contributed by atoms with Crippen LogP contribution >= 0.6 is 27.7 Å². The minimum atomic E-state index is -0.124. The molecule has 0 spiro atoms. The molecule has 2 aromatic carbocycles. The van der Waals surface area contributed by atoms with Crippen LogP contribution in [0.25, 0.3) is 10.9 Å². The fourth-order valence-corrected chi connectivity index (χ4v) is 3.98. The van der Waals surface area contributed by atoms with Gasteiger partial charge in [-0.25, -0.2) is 4.98 Å². The molecule has 1 N–H and O–H groups in total. The van der Waals surface area contributed by atoms with Crippen molar-refractivity contribution in [1.29, 1.82) is 0 Å². The molecule has 27 heavy (non-hydrogen) atoms. The van der Waals surface area contributed by atoms with Crippen molar-refractivity contribution in [2.75, 3.05) is 11.1 Å². The van der Waals surface area contributed by atoms with Gasteiger partial charge < -0.3 is 5.32 Å². The molecule has 0 fully saturated rings. The zero-order valence-corrected chi connectivity index (χ0v) is 17.6. The number of nitrogens with one attached hydrogen (secondary N) is 1. The van der Waals surface area contributed by atoms with Crippen LogP contribution in [0.4, 0.5) is 5.69 Å². The molecule has 3 rings (SSSR count). The average molecular weight is 446 g/mol. The van der Waals surface area contributed by atoms with Crippen LogP contribution in [0, 0.1) is 0 Å². The van der Waals surface area contributed by atoms with Crippen LogP contribution in [-0.4, -0.2) is 21.2 Å². The predicted octanol–water partition coefficient (Wildman–Crippen LogP) is 4.47. The van der Waals surface area contributed by atoms with Crippen molar-refractivity contribution in [1.82, 2.24) is 9.55 Å². The minimum Gasteiger partial charge on any atom is -0.325 e. The number of amides is 1. The SMILES string of the molecule is CCc1cccc(NC(=O)CSc2nc3ccc(Br)cc3c(=O)n2CC)c1. The number of carbonyl (C=O) groups is 1. The molecule has 0 unspecified atom stereocenters. The van der Waals surface area contributed by atoms with E-state index in [9.17, 15) is 9.59 Å². The molecule has 7 heteroatoms. The number of anilines is 1. The zero-order valence-electron chi connectivity index (χ0n) is 15.2. The van der Waals surface area contributed by atoms with Gasteiger partial charge in [0.25, 0.3) is 5.56 Å². The van der Waals surface area contributed by atoms with Gasteiger partial charge in [0, 0.05) is 16.7 Å². The summed E-state index contributed by atoms with van der Waals surface area (Å²) >= 11 is 4.66. The summed E-state index contributed by atoms with van der Waals surface area (Å²) in [6, 6.07) is 13.2. The molecular weight excluding hydrogens is 426 g/mol. The molecule has 0 aliphatic rings. The van der Waals surface area contributed by atoms with Gasteiger partial charge in [-0.1, -0.05) is 46.7 Å². The molecule has 5 nitrogen and oxygen atoms in total. The lowest BCUT2D eigenvalue weighted by Crippen LogP contribution is -2.23. The third-order valence-corrected chi connectivity index (χ3v) is 5.62. The Morgan fingerprint density at radius 3 is 2.78 bits per heavy atom. The molecule has 0 aliphatic heterocycles. The quantitative estimate of drug-likeness (QED) is 0.448. The van der Waals surface area contributed by atoms with Crippen LogP contribution in [0.15, 0.2) is 56.9 Å². The highest BCUT2D eigenvalue weighted by Crippen LogP contribution is 2.21. The highest BCUT2D eigenvalue weighted by molar-refractivity contribution is 9.10. The monoisotopic (exact) mass is 445 g/mol. The van der Waals surface area contributed by atoms with Crippen molar-refractivity contribution in [3.8, 4) is 0 Å². The third-order valence-electron chi connectivity index (χ3n) is 4.15. The van der Waals surface area contributed by atoms with Gasteiger partial charge in [-0.15, -0.1) is 0 Å². The number of nitrogens with zero attached hydrogens (tertiary/aromatic N) is 2. The van der Waals surface area contributed by atoms with E-state index >= 15 is 0 Å². The number of aromatic nitrogens is 2. The number of benzene rings is 2. The van der Waals surface area contributed by atoms with Crippen LogP contribution in [-0.2, 0) is 17.8 Å². The van der Waals surface area contributed by atoms with Gasteiger partial charge in [-0.2, -0.15) is 0 Å². The number of thioether (sulfide) groups is 1. The fraction of sp³-hybridized carbons (Fsp3) is 0.250. The van der Waals surface area contributed by atoms with E-state index in [4.69, 9.17) is 0 Å². The molecule has 1 heterocycles. The van der Waals surface area contributed by atoms with Gasteiger partial charge in [-0.05, 0) is 49.2 Å². The fourth-order valence-electron chi connectivity index (χ4n) is 2.76. The van der Waals surface area contributed by atoms with Crippen molar-refractivity contribution >= 4 is 50.2 Å². The first-order valence-corrected chi connectivity index (χ1v) is 10.5. The highest BCUT2D eigenvalue weighted by Gasteiger charge is 2.13. The van der Waals surface area contributed by atoms with Gasteiger partial charge in [0.05, 0.1) is 16.7 Å². The molecule has 1 amide bonds. The summed E-state index contributed by atoms with van der Waals surface area (Å²) in [7, 11) is 0. The molecule has 0 radical (unpaired) electrons. The van der Waals surface area contributed by atoms with E-state index in [1.807, 2.05) is 37.3 Å². The molecule has 0 bridgehead atoms. The van der Waals surface area contributed by atoms with E-state index < -0.39 is 0 Å². The second-order valence-corrected chi connectivity index (χ2v) is 7.85. The van der Waals surface area contributed by atoms with Crippen molar-refractivity contribution in [2.24, 2.45) is 0 Å². The van der Waals surface area contributed by atoms with Crippen LogP contribution in [0.5, 0.6) is 0 Å².